The third kappa shape index (κ3) is 4.63. The molecule has 0 aromatic heterocycles. The number of hydrogen-bond donors (Lipinski definition) is 5. The molecule has 0 aromatic carbocycles. The summed E-state index contributed by atoms with van der Waals surface area (Å²) < 4.78 is 0. The van der Waals surface area contributed by atoms with Gasteiger partial charge in [-0.05, 0) is 50.7 Å². The number of aliphatic hydroxyl groups is 2. The number of rotatable bonds is 3. The highest BCUT2D eigenvalue weighted by atomic mass is 16.4. The molecule has 3 rings (SSSR count). The molecule has 1 unspecified atom stereocenters. The second-order valence-electron chi connectivity index (χ2n) is 6.64. The summed E-state index contributed by atoms with van der Waals surface area (Å²) in [5.41, 5.74) is 0. The zero-order chi connectivity index (χ0) is 17.0. The molecule has 0 spiro atoms. The van der Waals surface area contributed by atoms with Crippen molar-refractivity contribution in [1.82, 2.24) is 10.2 Å². The summed E-state index contributed by atoms with van der Waals surface area (Å²) in [6.45, 7) is 5.34. The number of hydrogen-bond acceptors (Lipinski definition) is 6. The minimum atomic E-state index is -2.27. The van der Waals surface area contributed by atoms with Gasteiger partial charge in [-0.2, -0.15) is 0 Å². The van der Waals surface area contributed by atoms with E-state index in [4.69, 9.17) is 20.4 Å². The van der Waals surface area contributed by atoms with E-state index in [9.17, 15) is 9.59 Å². The van der Waals surface area contributed by atoms with E-state index in [1.165, 1.54) is 51.9 Å². The van der Waals surface area contributed by atoms with E-state index in [0.717, 1.165) is 17.9 Å². The fourth-order valence-electron chi connectivity index (χ4n) is 3.88. The molecule has 5 atom stereocenters. The van der Waals surface area contributed by atoms with Gasteiger partial charge in [0.1, 0.15) is 0 Å². The summed E-state index contributed by atoms with van der Waals surface area (Å²) in [6, 6.07) is 0.942. The molecule has 3 aliphatic heterocycles. The van der Waals surface area contributed by atoms with Gasteiger partial charge >= 0.3 is 11.9 Å². The van der Waals surface area contributed by atoms with Gasteiger partial charge in [0.15, 0.2) is 12.2 Å². The molecule has 3 heterocycles. The van der Waals surface area contributed by atoms with Crippen molar-refractivity contribution >= 4 is 11.9 Å². The second-order valence-corrected chi connectivity index (χ2v) is 6.64. The molecule has 8 nitrogen and oxygen atoms in total. The first kappa shape index (κ1) is 18.1. The third-order valence-electron chi connectivity index (χ3n) is 4.98. The molecule has 3 saturated heterocycles. The lowest BCUT2D eigenvalue weighted by Crippen LogP contribution is -2.58. The predicted molar refractivity (Wildman–Crippen MR) is 81.0 cm³/mol. The van der Waals surface area contributed by atoms with Gasteiger partial charge < -0.3 is 25.7 Å². The maximum absolute atomic E-state index is 9.77. The number of fused-ring (bicyclic) bond motifs is 4. The Hall–Kier alpha value is -1.22. The van der Waals surface area contributed by atoms with Gasteiger partial charge in [0, 0.05) is 12.6 Å². The molecule has 0 amide bonds. The number of carboxylic acid groups (broad SMARTS) is 2. The van der Waals surface area contributed by atoms with Crippen molar-refractivity contribution in [1.29, 1.82) is 0 Å². The van der Waals surface area contributed by atoms with Crippen LogP contribution in [-0.2, 0) is 9.59 Å². The maximum atomic E-state index is 9.77. The van der Waals surface area contributed by atoms with Crippen molar-refractivity contribution in [3.8, 4) is 0 Å². The lowest BCUT2D eigenvalue weighted by Gasteiger charge is -2.50. The smallest absolute Gasteiger partial charge is 0.335 e. The van der Waals surface area contributed by atoms with Crippen LogP contribution in [-0.4, -0.2) is 81.7 Å². The fraction of sp³-hybridized carbons (Fsp3) is 0.867. The highest BCUT2D eigenvalue weighted by molar-refractivity contribution is 5.83. The molecule has 5 N–H and O–H groups in total. The van der Waals surface area contributed by atoms with Gasteiger partial charge in [-0.15, -0.1) is 0 Å². The normalized spacial score (nSPS) is 32.7. The lowest BCUT2D eigenvalue weighted by atomic mass is 9.77. The number of aliphatic hydroxyl groups excluding tert-OH is 2. The third-order valence-corrected chi connectivity index (χ3v) is 4.98. The highest BCUT2D eigenvalue weighted by Gasteiger charge is 2.38. The van der Waals surface area contributed by atoms with Crippen LogP contribution in [0.15, 0.2) is 0 Å². The number of piperidine rings is 3. The van der Waals surface area contributed by atoms with Crippen molar-refractivity contribution in [3.63, 3.8) is 0 Å². The van der Waals surface area contributed by atoms with Crippen LogP contribution in [0.25, 0.3) is 0 Å². The van der Waals surface area contributed by atoms with Gasteiger partial charge in [-0.3, -0.25) is 4.90 Å². The largest absolute Gasteiger partial charge is 0.479 e. The van der Waals surface area contributed by atoms with E-state index in [1.807, 2.05) is 0 Å². The molecule has 0 aliphatic carbocycles. The summed E-state index contributed by atoms with van der Waals surface area (Å²) in [6.07, 6.45) is 1.37. The van der Waals surface area contributed by atoms with Gasteiger partial charge in [0.2, 0.25) is 0 Å². The first-order valence-corrected chi connectivity index (χ1v) is 8.16. The molecule has 3 aliphatic rings. The predicted octanol–water partition coefficient (Wildman–Crippen LogP) is -1.04. The summed E-state index contributed by atoms with van der Waals surface area (Å²) in [5.74, 6) is -1.59. The van der Waals surface area contributed by atoms with Crippen LogP contribution in [0.2, 0.25) is 0 Å². The first-order chi connectivity index (χ1) is 10.9. The number of nitrogens with zero attached hydrogens (tertiary/aromatic N) is 1. The zero-order valence-electron chi connectivity index (χ0n) is 13.1. The summed E-state index contributed by atoms with van der Waals surface area (Å²) in [7, 11) is 0. The molecule has 132 valence electrons. The Bertz CT molecular complexity index is 410. The van der Waals surface area contributed by atoms with E-state index in [1.54, 1.807) is 0 Å². The average molecular weight is 330 g/mol. The average Bonchev–Trinajstić information content (AvgIpc) is 2.54. The SMILES string of the molecule is C1CCN2C[C@H]3CNC[C@@H](C3)C2C1.O=C(O)[C@H](O)[C@@H](O)C(=O)O. The Balaban J connectivity index is 0.000000175. The molecular weight excluding hydrogens is 304 g/mol. The van der Waals surface area contributed by atoms with E-state index in [0.29, 0.717) is 0 Å². The van der Waals surface area contributed by atoms with E-state index >= 15 is 0 Å². The van der Waals surface area contributed by atoms with Crippen LogP contribution in [0.3, 0.4) is 0 Å². The van der Waals surface area contributed by atoms with E-state index in [2.05, 4.69) is 10.2 Å². The molecule has 23 heavy (non-hydrogen) atoms. The van der Waals surface area contributed by atoms with Crippen molar-refractivity contribution < 1.29 is 30.0 Å². The van der Waals surface area contributed by atoms with Crippen LogP contribution in [0.5, 0.6) is 0 Å². The number of carbonyl (C=O) groups is 2. The van der Waals surface area contributed by atoms with Gasteiger partial charge in [0.05, 0.1) is 0 Å². The van der Waals surface area contributed by atoms with Crippen LogP contribution >= 0.6 is 0 Å². The Labute approximate surface area is 135 Å². The van der Waals surface area contributed by atoms with E-state index in [-0.39, 0.29) is 0 Å². The second kappa shape index (κ2) is 8.05. The Morgan fingerprint density at radius 3 is 2.30 bits per heavy atom. The maximum Gasteiger partial charge on any atom is 0.335 e. The molecule has 0 aromatic rings. The Kier molecular flexibility index (Phi) is 6.34. The van der Waals surface area contributed by atoms with Crippen LogP contribution in [0.1, 0.15) is 25.7 Å². The molecule has 8 heteroatoms. The molecule has 3 fully saturated rings. The molecule has 2 bridgehead atoms. The summed E-state index contributed by atoms with van der Waals surface area (Å²) in [5, 5.41) is 36.1. The van der Waals surface area contributed by atoms with Crippen LogP contribution in [0.4, 0.5) is 0 Å². The number of aliphatic carboxylic acids is 2. The van der Waals surface area contributed by atoms with Crippen LogP contribution < -0.4 is 5.32 Å². The Morgan fingerprint density at radius 2 is 1.70 bits per heavy atom. The van der Waals surface area contributed by atoms with Crippen molar-refractivity contribution in [3.05, 3.63) is 0 Å². The minimum Gasteiger partial charge on any atom is -0.479 e. The van der Waals surface area contributed by atoms with Crippen LogP contribution in [0, 0.1) is 11.8 Å². The van der Waals surface area contributed by atoms with Crippen molar-refractivity contribution in [2.75, 3.05) is 26.2 Å². The topological polar surface area (TPSA) is 130 Å². The lowest BCUT2D eigenvalue weighted by molar-refractivity contribution is -0.165. The molecular formula is C15H26N2O6. The highest BCUT2D eigenvalue weighted by Crippen LogP contribution is 2.34. The minimum absolute atomic E-state index is 0.942. The number of carboxylic acids is 2. The Morgan fingerprint density at radius 1 is 1.04 bits per heavy atom. The quantitative estimate of drug-likeness (QED) is 0.443. The zero-order valence-corrected chi connectivity index (χ0v) is 13.1. The van der Waals surface area contributed by atoms with E-state index < -0.39 is 24.1 Å². The summed E-state index contributed by atoms with van der Waals surface area (Å²) in [4.78, 5) is 22.3. The van der Waals surface area contributed by atoms with Crippen molar-refractivity contribution in [2.24, 2.45) is 11.8 Å². The molecule has 0 radical (unpaired) electrons. The summed E-state index contributed by atoms with van der Waals surface area (Å²) >= 11 is 0. The fourth-order valence-corrected chi connectivity index (χ4v) is 3.88. The van der Waals surface area contributed by atoms with Crippen molar-refractivity contribution in [2.45, 2.75) is 43.9 Å². The van der Waals surface area contributed by atoms with Gasteiger partial charge in [0.25, 0.3) is 0 Å². The monoisotopic (exact) mass is 330 g/mol. The standard InChI is InChI=1S/C11H20N2.C4H6O6/c1-2-4-13-8-9-5-10(7-12-6-9)11(13)3-1;5-1(3(7)8)2(6)4(9)10/h9-12H,1-8H2;1-2,5-6H,(H,7,8)(H,9,10)/t9-,10-,11?;1-,2-/m11/s1. The van der Waals surface area contributed by atoms with Gasteiger partial charge in [-0.1, -0.05) is 6.42 Å². The van der Waals surface area contributed by atoms with Gasteiger partial charge in [-0.25, -0.2) is 9.59 Å². The first-order valence-electron chi connectivity index (χ1n) is 8.16. The number of nitrogens with one attached hydrogen (secondary N) is 1. The molecule has 0 saturated carbocycles.